The van der Waals surface area contributed by atoms with Crippen LogP contribution in [0.2, 0.25) is 0 Å². The van der Waals surface area contributed by atoms with Crippen molar-refractivity contribution in [1.82, 2.24) is 20.2 Å². The lowest BCUT2D eigenvalue weighted by Crippen LogP contribution is -2.24. The Kier molecular flexibility index (Phi) is 2.01. The summed E-state index contributed by atoms with van der Waals surface area (Å²) in [6.45, 7) is 5.02. The zero-order valence-electron chi connectivity index (χ0n) is 7.67. The molecule has 1 atom stereocenters. The number of hydrogen-bond donors (Lipinski definition) is 0. The molecule has 0 N–H and O–H groups in total. The van der Waals surface area contributed by atoms with Crippen molar-refractivity contribution in [2.24, 2.45) is 0 Å². The first-order valence-electron chi connectivity index (χ1n) is 4.18. The molecule has 0 aliphatic carbocycles. The molecule has 0 bridgehead atoms. The van der Waals surface area contributed by atoms with Gasteiger partial charge in [-0.05, 0) is 24.3 Å². The van der Waals surface area contributed by atoms with Crippen LogP contribution < -0.4 is 0 Å². The van der Waals surface area contributed by atoms with Crippen molar-refractivity contribution in [1.29, 1.82) is 0 Å². The van der Waals surface area contributed by atoms with Gasteiger partial charge in [-0.3, -0.25) is 0 Å². The minimum Gasteiger partial charge on any atom is -0.348 e. The molecule has 1 aliphatic heterocycles. The van der Waals surface area contributed by atoms with Crippen molar-refractivity contribution >= 4 is 0 Å². The molecule has 72 valence electrons. The Labute approximate surface area is 75.8 Å². The second-order valence-corrected chi connectivity index (χ2v) is 3.48. The monoisotopic (exact) mass is 184 g/mol. The van der Waals surface area contributed by atoms with Gasteiger partial charge in [-0.1, -0.05) is 0 Å². The van der Waals surface area contributed by atoms with E-state index in [0.29, 0.717) is 13.2 Å². The predicted molar refractivity (Wildman–Crippen MR) is 42.7 cm³/mol. The second kappa shape index (κ2) is 3.04. The summed E-state index contributed by atoms with van der Waals surface area (Å²) >= 11 is 0. The van der Waals surface area contributed by atoms with E-state index in [-0.39, 0.29) is 6.10 Å². The van der Waals surface area contributed by atoms with Crippen LogP contribution in [0.15, 0.2) is 6.33 Å². The SMILES string of the molecule is CC1(C)OCC(Cn2cnnn2)O1. The number of hydrogen-bond acceptors (Lipinski definition) is 5. The first-order valence-corrected chi connectivity index (χ1v) is 4.18. The van der Waals surface area contributed by atoms with Crippen molar-refractivity contribution in [2.75, 3.05) is 6.61 Å². The van der Waals surface area contributed by atoms with Gasteiger partial charge in [0, 0.05) is 0 Å². The van der Waals surface area contributed by atoms with Gasteiger partial charge in [0.2, 0.25) is 0 Å². The van der Waals surface area contributed by atoms with Crippen LogP contribution in [0.1, 0.15) is 13.8 Å². The highest BCUT2D eigenvalue weighted by atomic mass is 16.7. The van der Waals surface area contributed by atoms with E-state index in [9.17, 15) is 0 Å². The summed E-state index contributed by atoms with van der Waals surface area (Å²) in [5.74, 6) is -0.474. The molecule has 0 amide bonds. The van der Waals surface area contributed by atoms with E-state index in [0.717, 1.165) is 0 Å². The van der Waals surface area contributed by atoms with Gasteiger partial charge < -0.3 is 9.47 Å². The molecule has 1 saturated heterocycles. The number of ether oxygens (including phenoxy) is 2. The third kappa shape index (κ3) is 2.02. The molecule has 1 fully saturated rings. The van der Waals surface area contributed by atoms with E-state index in [4.69, 9.17) is 9.47 Å². The molecule has 0 aromatic carbocycles. The summed E-state index contributed by atoms with van der Waals surface area (Å²) in [7, 11) is 0. The normalized spacial score (nSPS) is 26.5. The highest BCUT2D eigenvalue weighted by Gasteiger charge is 2.32. The van der Waals surface area contributed by atoms with E-state index >= 15 is 0 Å². The number of rotatable bonds is 2. The lowest BCUT2D eigenvalue weighted by molar-refractivity contribution is -0.139. The molecule has 0 radical (unpaired) electrons. The third-order valence-electron chi connectivity index (χ3n) is 1.85. The van der Waals surface area contributed by atoms with Gasteiger partial charge in [0.25, 0.3) is 0 Å². The Hall–Kier alpha value is -1.01. The maximum atomic E-state index is 5.58. The first kappa shape index (κ1) is 8.58. The molecule has 1 aromatic rings. The summed E-state index contributed by atoms with van der Waals surface area (Å²) < 4.78 is 12.6. The maximum absolute atomic E-state index is 5.58. The minimum absolute atomic E-state index is 0.0403. The van der Waals surface area contributed by atoms with Gasteiger partial charge in [0.15, 0.2) is 5.79 Å². The van der Waals surface area contributed by atoms with Crippen molar-refractivity contribution in [3.8, 4) is 0 Å². The molecule has 1 aromatic heterocycles. The van der Waals surface area contributed by atoms with Crippen molar-refractivity contribution in [3.63, 3.8) is 0 Å². The summed E-state index contributed by atoms with van der Waals surface area (Å²) in [4.78, 5) is 0. The van der Waals surface area contributed by atoms with Crippen LogP contribution in [0.3, 0.4) is 0 Å². The van der Waals surface area contributed by atoms with E-state index in [1.165, 1.54) is 0 Å². The Morgan fingerprint density at radius 2 is 2.46 bits per heavy atom. The minimum atomic E-state index is -0.474. The Balaban J connectivity index is 1.91. The molecule has 13 heavy (non-hydrogen) atoms. The third-order valence-corrected chi connectivity index (χ3v) is 1.85. The lowest BCUT2D eigenvalue weighted by atomic mass is 10.4. The van der Waals surface area contributed by atoms with Gasteiger partial charge in [0.05, 0.1) is 13.2 Å². The molecule has 6 heteroatoms. The number of tetrazole rings is 1. The van der Waals surface area contributed by atoms with E-state index in [1.807, 2.05) is 13.8 Å². The van der Waals surface area contributed by atoms with Gasteiger partial charge in [0.1, 0.15) is 12.4 Å². The van der Waals surface area contributed by atoms with Gasteiger partial charge >= 0.3 is 0 Å². The van der Waals surface area contributed by atoms with Gasteiger partial charge in [-0.25, -0.2) is 4.68 Å². The Morgan fingerprint density at radius 3 is 3.00 bits per heavy atom. The number of aromatic nitrogens is 4. The van der Waals surface area contributed by atoms with Crippen molar-refractivity contribution in [2.45, 2.75) is 32.3 Å². The highest BCUT2D eigenvalue weighted by molar-refractivity contribution is 4.70. The smallest absolute Gasteiger partial charge is 0.163 e. The van der Waals surface area contributed by atoms with E-state index < -0.39 is 5.79 Å². The summed E-state index contributed by atoms with van der Waals surface area (Å²) in [5, 5.41) is 10.8. The molecular formula is C7H12N4O2. The fourth-order valence-electron chi connectivity index (χ4n) is 1.33. The van der Waals surface area contributed by atoms with E-state index in [1.54, 1.807) is 11.0 Å². The number of nitrogens with zero attached hydrogens (tertiary/aromatic N) is 4. The van der Waals surface area contributed by atoms with Crippen LogP contribution in [0, 0.1) is 0 Å². The molecule has 1 aliphatic rings. The molecular weight excluding hydrogens is 172 g/mol. The predicted octanol–water partition coefficient (Wildman–Crippen LogP) is -0.175. The fourth-order valence-corrected chi connectivity index (χ4v) is 1.33. The van der Waals surface area contributed by atoms with Crippen molar-refractivity contribution < 1.29 is 9.47 Å². The Morgan fingerprint density at radius 1 is 1.62 bits per heavy atom. The zero-order chi connectivity index (χ0) is 9.31. The van der Waals surface area contributed by atoms with E-state index in [2.05, 4.69) is 15.5 Å². The maximum Gasteiger partial charge on any atom is 0.163 e. The quantitative estimate of drug-likeness (QED) is 0.638. The van der Waals surface area contributed by atoms with Crippen LogP contribution >= 0.6 is 0 Å². The van der Waals surface area contributed by atoms with Crippen LogP contribution in [-0.2, 0) is 16.0 Å². The zero-order valence-corrected chi connectivity index (χ0v) is 7.67. The standard InChI is InChI=1S/C7H12N4O2/c1-7(2)12-4-6(13-7)3-11-5-8-9-10-11/h5-6H,3-4H2,1-2H3. The summed E-state index contributed by atoms with van der Waals surface area (Å²) in [5.41, 5.74) is 0. The van der Waals surface area contributed by atoms with Crippen LogP contribution in [-0.4, -0.2) is 38.7 Å². The fraction of sp³-hybridized carbons (Fsp3) is 0.857. The van der Waals surface area contributed by atoms with Crippen molar-refractivity contribution in [3.05, 3.63) is 6.33 Å². The average molecular weight is 184 g/mol. The molecule has 2 rings (SSSR count). The van der Waals surface area contributed by atoms with Gasteiger partial charge in [-0.15, -0.1) is 5.10 Å². The average Bonchev–Trinajstić information content (AvgIpc) is 2.61. The summed E-state index contributed by atoms with van der Waals surface area (Å²) in [6.07, 6.45) is 1.60. The first-order chi connectivity index (χ1) is 6.16. The summed E-state index contributed by atoms with van der Waals surface area (Å²) in [6, 6.07) is 0. The topological polar surface area (TPSA) is 62.1 Å². The highest BCUT2D eigenvalue weighted by Crippen LogP contribution is 2.22. The molecule has 2 heterocycles. The molecule has 0 spiro atoms. The van der Waals surface area contributed by atoms with Crippen LogP contribution in [0.25, 0.3) is 0 Å². The second-order valence-electron chi connectivity index (χ2n) is 3.48. The molecule has 1 unspecified atom stereocenters. The van der Waals surface area contributed by atoms with Gasteiger partial charge in [-0.2, -0.15) is 0 Å². The van der Waals surface area contributed by atoms with Crippen LogP contribution in [0.4, 0.5) is 0 Å². The lowest BCUT2D eigenvalue weighted by Gasteiger charge is -2.16. The molecule has 6 nitrogen and oxygen atoms in total. The molecule has 0 saturated carbocycles. The largest absolute Gasteiger partial charge is 0.348 e. The Bertz CT molecular complexity index is 272. The van der Waals surface area contributed by atoms with Crippen LogP contribution in [0.5, 0.6) is 0 Å².